The van der Waals surface area contributed by atoms with E-state index >= 15 is 0 Å². The first-order chi connectivity index (χ1) is 8.69. The van der Waals surface area contributed by atoms with E-state index in [4.69, 9.17) is 4.74 Å². The largest absolute Gasteiger partial charge is 0.368 e. The lowest BCUT2D eigenvalue weighted by Crippen LogP contribution is -2.43. The smallest absolute Gasteiger partial charge is 0.221 e. The second-order valence-electron chi connectivity index (χ2n) is 4.67. The molecule has 1 aliphatic rings. The Bertz CT molecular complexity index is 380. The Labute approximate surface area is 112 Å². The van der Waals surface area contributed by atoms with Gasteiger partial charge in [-0.2, -0.15) is 11.3 Å². The molecule has 1 amide bonds. The maximum absolute atomic E-state index is 11.3. The van der Waals surface area contributed by atoms with Gasteiger partial charge in [-0.25, -0.2) is 0 Å². The highest BCUT2D eigenvalue weighted by Crippen LogP contribution is 2.26. The van der Waals surface area contributed by atoms with E-state index in [1.807, 2.05) is 0 Å². The Morgan fingerprint density at radius 1 is 1.61 bits per heavy atom. The minimum Gasteiger partial charge on any atom is -0.368 e. The van der Waals surface area contributed by atoms with Crippen molar-refractivity contribution < 1.29 is 9.53 Å². The molecule has 1 fully saturated rings. The molecule has 1 aromatic heterocycles. The lowest BCUT2D eigenvalue weighted by Gasteiger charge is -2.36. The minimum atomic E-state index is 0.0984. The molecule has 0 radical (unpaired) electrons. The van der Waals surface area contributed by atoms with Gasteiger partial charge in [-0.3, -0.25) is 9.69 Å². The predicted octanol–water partition coefficient (Wildman–Crippen LogP) is 1.65. The highest BCUT2D eigenvalue weighted by Gasteiger charge is 2.26. The minimum absolute atomic E-state index is 0.0984. The van der Waals surface area contributed by atoms with E-state index in [0.717, 1.165) is 19.6 Å². The Morgan fingerprint density at radius 3 is 3.11 bits per heavy atom. The topological polar surface area (TPSA) is 41.6 Å². The van der Waals surface area contributed by atoms with Crippen molar-refractivity contribution in [2.45, 2.75) is 25.6 Å². The van der Waals surface area contributed by atoms with Gasteiger partial charge in [0.25, 0.3) is 0 Å². The summed E-state index contributed by atoms with van der Waals surface area (Å²) in [5, 5.41) is 6.87. The number of carbonyl (C=O) groups is 1. The van der Waals surface area contributed by atoms with Gasteiger partial charge in [-0.1, -0.05) is 0 Å². The van der Waals surface area contributed by atoms with Crippen molar-refractivity contribution >= 4 is 17.2 Å². The van der Waals surface area contributed by atoms with Crippen LogP contribution in [0.3, 0.4) is 0 Å². The number of rotatable bonds is 4. The van der Waals surface area contributed by atoms with E-state index in [9.17, 15) is 4.79 Å². The van der Waals surface area contributed by atoms with Gasteiger partial charge in [-0.15, -0.1) is 0 Å². The first kappa shape index (κ1) is 13.5. The first-order valence-corrected chi connectivity index (χ1v) is 7.24. The Morgan fingerprint density at radius 2 is 2.44 bits per heavy atom. The number of hydrogen-bond donors (Lipinski definition) is 1. The van der Waals surface area contributed by atoms with Crippen LogP contribution in [0.1, 0.15) is 25.0 Å². The summed E-state index contributed by atoms with van der Waals surface area (Å²) in [6.07, 6.45) is 0.914. The summed E-state index contributed by atoms with van der Waals surface area (Å²) in [6.45, 7) is 4.66. The van der Waals surface area contributed by atoms with E-state index in [0.29, 0.717) is 6.42 Å². The maximum atomic E-state index is 11.3. The van der Waals surface area contributed by atoms with Crippen LogP contribution >= 0.6 is 11.3 Å². The van der Waals surface area contributed by atoms with Gasteiger partial charge in [0.2, 0.25) is 5.91 Å². The number of carbonyl (C=O) groups excluding carboxylic acids is 1. The molecule has 1 saturated heterocycles. The monoisotopic (exact) mass is 268 g/mol. The van der Waals surface area contributed by atoms with Crippen molar-refractivity contribution in [2.75, 3.05) is 26.7 Å². The van der Waals surface area contributed by atoms with E-state index < -0.39 is 0 Å². The number of hydrogen-bond acceptors (Lipinski definition) is 4. The Kier molecular flexibility index (Phi) is 4.74. The van der Waals surface area contributed by atoms with Gasteiger partial charge < -0.3 is 10.1 Å². The van der Waals surface area contributed by atoms with Gasteiger partial charge in [-0.05, 0) is 29.3 Å². The highest BCUT2D eigenvalue weighted by molar-refractivity contribution is 7.07. The zero-order valence-corrected chi connectivity index (χ0v) is 11.7. The van der Waals surface area contributed by atoms with Gasteiger partial charge >= 0.3 is 0 Å². The Balaban J connectivity index is 1.90. The number of nitrogens with zero attached hydrogens (tertiary/aromatic N) is 1. The molecule has 0 aliphatic carbocycles. The molecule has 0 unspecified atom stereocenters. The zero-order chi connectivity index (χ0) is 13.0. The van der Waals surface area contributed by atoms with Crippen LogP contribution in [0.25, 0.3) is 0 Å². The molecule has 0 aromatic carbocycles. The fourth-order valence-electron chi connectivity index (χ4n) is 2.25. The number of thiophene rings is 1. The van der Waals surface area contributed by atoms with E-state index in [1.165, 1.54) is 5.56 Å². The quantitative estimate of drug-likeness (QED) is 0.902. The van der Waals surface area contributed by atoms with Crippen LogP contribution in [0.5, 0.6) is 0 Å². The lowest BCUT2D eigenvalue weighted by atomic mass is 10.1. The third kappa shape index (κ3) is 3.54. The van der Waals surface area contributed by atoms with Crippen LogP contribution in [0.4, 0.5) is 0 Å². The van der Waals surface area contributed by atoms with Crippen molar-refractivity contribution in [3.8, 4) is 0 Å². The summed E-state index contributed by atoms with van der Waals surface area (Å²) in [5.74, 6) is 0.0984. The molecular weight excluding hydrogens is 248 g/mol. The van der Waals surface area contributed by atoms with Crippen molar-refractivity contribution in [2.24, 2.45) is 0 Å². The lowest BCUT2D eigenvalue weighted by molar-refractivity contribution is -0.122. The summed E-state index contributed by atoms with van der Waals surface area (Å²) in [6, 6.07) is 2.12. The molecule has 100 valence electrons. The average molecular weight is 268 g/mol. The van der Waals surface area contributed by atoms with Crippen LogP contribution in [-0.4, -0.2) is 43.6 Å². The molecule has 1 aromatic rings. The molecule has 2 atom stereocenters. The number of nitrogens with one attached hydrogen (secondary N) is 1. The molecule has 1 aliphatic heterocycles. The molecule has 18 heavy (non-hydrogen) atoms. The number of ether oxygens (including phenoxy) is 1. The zero-order valence-electron chi connectivity index (χ0n) is 10.9. The van der Waals surface area contributed by atoms with E-state index in [-0.39, 0.29) is 18.1 Å². The van der Waals surface area contributed by atoms with Crippen LogP contribution < -0.4 is 5.32 Å². The van der Waals surface area contributed by atoms with Gasteiger partial charge in [0, 0.05) is 33.1 Å². The van der Waals surface area contributed by atoms with Crippen molar-refractivity contribution in [3.63, 3.8) is 0 Å². The van der Waals surface area contributed by atoms with E-state index in [2.05, 4.69) is 34.0 Å². The van der Waals surface area contributed by atoms with Crippen LogP contribution in [0.15, 0.2) is 16.8 Å². The van der Waals surface area contributed by atoms with Crippen LogP contribution in [-0.2, 0) is 9.53 Å². The summed E-state index contributed by atoms with van der Waals surface area (Å²) in [4.78, 5) is 13.6. The molecular formula is C13H20N2O2S. The third-order valence-corrected chi connectivity index (χ3v) is 3.89. The standard InChI is InChI=1S/C13H20N2O2S/c1-10-7-15(5-3-13(16)14-2)8-12(17-10)11-4-6-18-9-11/h4,6,9-10,12H,3,5,7-8H2,1-2H3,(H,14,16)/t10-,12+/m1/s1. The normalized spacial score (nSPS) is 25.0. The predicted molar refractivity (Wildman–Crippen MR) is 72.7 cm³/mol. The molecule has 4 nitrogen and oxygen atoms in total. The summed E-state index contributed by atoms with van der Waals surface area (Å²) in [5.41, 5.74) is 1.25. The summed E-state index contributed by atoms with van der Waals surface area (Å²) >= 11 is 1.69. The van der Waals surface area contributed by atoms with Crippen molar-refractivity contribution in [3.05, 3.63) is 22.4 Å². The SMILES string of the molecule is CNC(=O)CCN1C[C@@H](C)O[C@H](c2ccsc2)C1. The fraction of sp³-hybridized carbons (Fsp3) is 0.615. The Hall–Kier alpha value is -0.910. The van der Waals surface area contributed by atoms with Crippen molar-refractivity contribution in [1.29, 1.82) is 0 Å². The van der Waals surface area contributed by atoms with E-state index in [1.54, 1.807) is 18.4 Å². The second-order valence-corrected chi connectivity index (χ2v) is 5.45. The summed E-state index contributed by atoms with van der Waals surface area (Å²) in [7, 11) is 1.68. The summed E-state index contributed by atoms with van der Waals surface area (Å²) < 4.78 is 5.96. The molecule has 2 heterocycles. The molecule has 5 heteroatoms. The molecule has 0 spiro atoms. The van der Waals surface area contributed by atoms with Gasteiger partial charge in [0.1, 0.15) is 0 Å². The van der Waals surface area contributed by atoms with Gasteiger partial charge in [0.05, 0.1) is 12.2 Å². The molecule has 0 bridgehead atoms. The highest BCUT2D eigenvalue weighted by atomic mass is 32.1. The molecule has 2 rings (SSSR count). The van der Waals surface area contributed by atoms with Gasteiger partial charge in [0.15, 0.2) is 0 Å². The second kappa shape index (κ2) is 6.31. The van der Waals surface area contributed by atoms with Crippen LogP contribution in [0.2, 0.25) is 0 Å². The average Bonchev–Trinajstić information content (AvgIpc) is 2.89. The molecule has 0 saturated carbocycles. The fourth-order valence-corrected chi connectivity index (χ4v) is 2.95. The first-order valence-electron chi connectivity index (χ1n) is 6.29. The third-order valence-electron chi connectivity index (χ3n) is 3.18. The van der Waals surface area contributed by atoms with Crippen LogP contribution in [0, 0.1) is 0 Å². The molecule has 1 N–H and O–H groups in total. The number of morpholine rings is 1. The number of amides is 1. The maximum Gasteiger partial charge on any atom is 0.221 e. The van der Waals surface area contributed by atoms with Crippen molar-refractivity contribution in [1.82, 2.24) is 10.2 Å².